The van der Waals surface area contributed by atoms with Gasteiger partial charge in [0.15, 0.2) is 5.78 Å². The predicted molar refractivity (Wildman–Crippen MR) is 85.6 cm³/mol. The number of fused-ring (bicyclic) bond motifs is 5. The highest BCUT2D eigenvalue weighted by Crippen LogP contribution is 2.65. The lowest BCUT2D eigenvalue weighted by molar-refractivity contribution is -0.190. The van der Waals surface area contributed by atoms with Crippen LogP contribution >= 0.6 is 0 Å². The van der Waals surface area contributed by atoms with Crippen molar-refractivity contribution in [3.8, 4) is 0 Å². The summed E-state index contributed by atoms with van der Waals surface area (Å²) in [7, 11) is 0. The zero-order chi connectivity index (χ0) is 16.6. The molecule has 0 bridgehead atoms. The van der Waals surface area contributed by atoms with Gasteiger partial charge >= 0.3 is 0 Å². The van der Waals surface area contributed by atoms with E-state index < -0.39 is 23.0 Å². The van der Waals surface area contributed by atoms with Crippen molar-refractivity contribution in [2.24, 2.45) is 22.7 Å². The first-order chi connectivity index (χ1) is 10.7. The summed E-state index contributed by atoms with van der Waals surface area (Å²) in [5.74, 6) is -0.257. The Bertz CT molecular complexity index is 584. The molecule has 4 rings (SSSR count). The number of hydrogen-bond acceptors (Lipinski definition) is 4. The molecular weight excluding hydrogens is 292 g/mol. The molecule has 4 aliphatic rings. The summed E-state index contributed by atoms with van der Waals surface area (Å²) in [4.78, 5) is 12.9. The fourth-order valence-corrected chi connectivity index (χ4v) is 6.34. The Balaban J connectivity index is 1.80. The molecule has 128 valence electrons. The highest BCUT2D eigenvalue weighted by Gasteiger charge is 2.68. The molecule has 4 aliphatic carbocycles. The van der Waals surface area contributed by atoms with E-state index in [1.165, 1.54) is 0 Å². The van der Waals surface area contributed by atoms with E-state index in [1.54, 1.807) is 6.08 Å². The van der Waals surface area contributed by atoms with E-state index >= 15 is 0 Å². The van der Waals surface area contributed by atoms with E-state index in [0.717, 1.165) is 31.3 Å². The van der Waals surface area contributed by atoms with Crippen molar-refractivity contribution in [2.45, 2.75) is 76.6 Å². The minimum absolute atomic E-state index is 0.0131. The molecule has 0 unspecified atom stereocenters. The van der Waals surface area contributed by atoms with E-state index in [1.807, 2.05) is 6.92 Å². The van der Waals surface area contributed by atoms with Crippen LogP contribution in [0, 0.1) is 22.7 Å². The Morgan fingerprint density at radius 3 is 2.57 bits per heavy atom. The second kappa shape index (κ2) is 4.68. The molecule has 0 saturated heterocycles. The maximum Gasteiger partial charge on any atom is 0.161 e. The molecule has 3 N–H and O–H groups in total. The molecule has 4 heteroatoms. The molecule has 0 spiro atoms. The summed E-state index contributed by atoms with van der Waals surface area (Å²) in [5.41, 5.74) is -0.677. The normalized spacial score (nSPS) is 55.7. The van der Waals surface area contributed by atoms with Gasteiger partial charge in [-0.2, -0.15) is 0 Å². The molecule has 3 saturated carbocycles. The summed E-state index contributed by atoms with van der Waals surface area (Å²) in [6, 6.07) is 0. The number of allylic oxidation sites excluding steroid dienone is 1. The minimum atomic E-state index is -1.09. The van der Waals surface area contributed by atoms with E-state index in [9.17, 15) is 20.1 Å². The fraction of sp³-hybridized carbons (Fsp3) is 0.842. The summed E-state index contributed by atoms with van der Waals surface area (Å²) in [6.07, 6.45) is 5.82. The van der Waals surface area contributed by atoms with Gasteiger partial charge in [0.2, 0.25) is 0 Å². The van der Waals surface area contributed by atoms with E-state index in [0.29, 0.717) is 19.3 Å². The SMILES string of the molecule is C[C@]12CC[C@H](O)CC1=CC(=O)[C@@H]1[C@@H]2CC[C@]2(C)[C@@H](O)CC[C@@]12O. The van der Waals surface area contributed by atoms with Gasteiger partial charge in [0.05, 0.1) is 23.7 Å². The number of carbonyl (C=O) groups excluding carboxylic acids is 1. The van der Waals surface area contributed by atoms with Crippen molar-refractivity contribution in [2.75, 3.05) is 0 Å². The molecule has 7 atom stereocenters. The van der Waals surface area contributed by atoms with Gasteiger partial charge in [-0.3, -0.25) is 4.79 Å². The lowest BCUT2D eigenvalue weighted by Crippen LogP contribution is -2.63. The van der Waals surface area contributed by atoms with Crippen molar-refractivity contribution in [1.29, 1.82) is 0 Å². The van der Waals surface area contributed by atoms with Crippen LogP contribution in [0.2, 0.25) is 0 Å². The molecule has 3 fully saturated rings. The number of ketones is 1. The zero-order valence-corrected chi connectivity index (χ0v) is 14.1. The smallest absolute Gasteiger partial charge is 0.161 e. The molecular formula is C19H28O4. The third-order valence-corrected chi connectivity index (χ3v) is 8.04. The zero-order valence-electron chi connectivity index (χ0n) is 14.1. The number of hydrogen-bond donors (Lipinski definition) is 3. The molecule has 23 heavy (non-hydrogen) atoms. The van der Waals surface area contributed by atoms with Crippen molar-refractivity contribution in [3.63, 3.8) is 0 Å². The monoisotopic (exact) mass is 320 g/mol. The Morgan fingerprint density at radius 2 is 1.83 bits per heavy atom. The number of rotatable bonds is 0. The maximum atomic E-state index is 12.9. The Labute approximate surface area is 137 Å². The van der Waals surface area contributed by atoms with Crippen LogP contribution in [0.1, 0.15) is 58.8 Å². The van der Waals surface area contributed by atoms with Crippen LogP contribution in [-0.4, -0.2) is 38.9 Å². The van der Waals surface area contributed by atoms with Crippen LogP contribution in [0.3, 0.4) is 0 Å². The first-order valence-electron chi connectivity index (χ1n) is 9.06. The van der Waals surface area contributed by atoms with Crippen LogP contribution < -0.4 is 0 Å². The van der Waals surface area contributed by atoms with E-state index in [2.05, 4.69) is 6.92 Å². The van der Waals surface area contributed by atoms with Crippen LogP contribution in [-0.2, 0) is 4.79 Å². The highest BCUT2D eigenvalue weighted by molar-refractivity contribution is 5.95. The van der Waals surface area contributed by atoms with Crippen molar-refractivity contribution < 1.29 is 20.1 Å². The lowest BCUT2D eigenvalue weighted by atomic mass is 9.46. The van der Waals surface area contributed by atoms with Crippen LogP contribution in [0.5, 0.6) is 0 Å². The summed E-state index contributed by atoms with van der Waals surface area (Å²) < 4.78 is 0. The van der Waals surface area contributed by atoms with Gasteiger partial charge in [0.25, 0.3) is 0 Å². The van der Waals surface area contributed by atoms with Crippen LogP contribution in [0.4, 0.5) is 0 Å². The molecule has 0 heterocycles. The summed E-state index contributed by atoms with van der Waals surface area (Å²) >= 11 is 0. The Kier molecular flexibility index (Phi) is 3.21. The van der Waals surface area contributed by atoms with Gasteiger partial charge in [-0.15, -0.1) is 0 Å². The van der Waals surface area contributed by atoms with Gasteiger partial charge in [-0.05, 0) is 62.4 Å². The molecule has 0 amide bonds. The summed E-state index contributed by atoms with van der Waals surface area (Å²) in [6.45, 7) is 4.17. The molecule has 0 aromatic heterocycles. The first kappa shape index (κ1) is 15.8. The molecule has 4 nitrogen and oxygen atoms in total. The van der Waals surface area contributed by atoms with Crippen molar-refractivity contribution in [3.05, 3.63) is 11.6 Å². The largest absolute Gasteiger partial charge is 0.393 e. The summed E-state index contributed by atoms with van der Waals surface area (Å²) in [5, 5.41) is 31.9. The van der Waals surface area contributed by atoms with Gasteiger partial charge in [0, 0.05) is 5.41 Å². The Hall–Kier alpha value is -0.710. The van der Waals surface area contributed by atoms with Gasteiger partial charge in [-0.1, -0.05) is 19.4 Å². The molecule has 0 radical (unpaired) electrons. The van der Waals surface area contributed by atoms with Gasteiger partial charge in [0.1, 0.15) is 0 Å². The van der Waals surface area contributed by atoms with Crippen molar-refractivity contribution >= 4 is 5.78 Å². The third kappa shape index (κ3) is 1.80. The van der Waals surface area contributed by atoms with Gasteiger partial charge < -0.3 is 15.3 Å². The fourth-order valence-electron chi connectivity index (χ4n) is 6.34. The highest BCUT2D eigenvalue weighted by atomic mass is 16.3. The second-order valence-electron chi connectivity index (χ2n) is 8.91. The van der Waals surface area contributed by atoms with Gasteiger partial charge in [-0.25, -0.2) is 0 Å². The molecule has 0 aromatic carbocycles. The third-order valence-electron chi connectivity index (χ3n) is 8.04. The van der Waals surface area contributed by atoms with E-state index in [-0.39, 0.29) is 23.2 Å². The van der Waals surface area contributed by atoms with E-state index in [4.69, 9.17) is 0 Å². The number of aliphatic hydroxyl groups is 3. The second-order valence-corrected chi connectivity index (χ2v) is 8.91. The number of aliphatic hydroxyl groups excluding tert-OH is 2. The predicted octanol–water partition coefficient (Wildman–Crippen LogP) is 1.96. The average molecular weight is 320 g/mol. The minimum Gasteiger partial charge on any atom is -0.393 e. The number of carbonyl (C=O) groups is 1. The van der Waals surface area contributed by atoms with Crippen molar-refractivity contribution in [1.82, 2.24) is 0 Å². The Morgan fingerprint density at radius 1 is 1.09 bits per heavy atom. The van der Waals surface area contributed by atoms with Crippen LogP contribution in [0.15, 0.2) is 11.6 Å². The average Bonchev–Trinajstić information content (AvgIpc) is 2.73. The molecule has 0 aliphatic heterocycles. The van der Waals surface area contributed by atoms with Crippen LogP contribution in [0.25, 0.3) is 0 Å². The standard InChI is InChI=1S/C19H28O4/c1-17-6-3-12(20)9-11(17)10-14(21)16-13(17)4-7-18(2)15(22)5-8-19(16,18)23/h10,12-13,15-16,20,22-23H,3-9H2,1-2H3/t12-,13-,15-,16-,17-,18+,19+/m0/s1. The topological polar surface area (TPSA) is 77.8 Å². The first-order valence-corrected chi connectivity index (χ1v) is 9.06. The molecule has 0 aromatic rings. The lowest BCUT2D eigenvalue weighted by Gasteiger charge is -2.59. The quantitative estimate of drug-likeness (QED) is 0.638. The maximum absolute atomic E-state index is 12.9.